The van der Waals surface area contributed by atoms with E-state index in [1.54, 1.807) is 12.1 Å². The smallest absolute Gasteiger partial charge is 0.123 e. The summed E-state index contributed by atoms with van der Waals surface area (Å²) in [6.45, 7) is 3.71. The lowest BCUT2D eigenvalue weighted by Gasteiger charge is -2.01. The molecule has 0 fully saturated rings. The molecule has 0 spiro atoms. The number of hydrogen-bond acceptors (Lipinski definition) is 1. The van der Waals surface area contributed by atoms with Crippen molar-refractivity contribution in [2.24, 2.45) is 0 Å². The Morgan fingerprint density at radius 2 is 1.92 bits per heavy atom. The molecule has 1 rings (SSSR count). The normalized spacial score (nSPS) is 10.0. The minimum atomic E-state index is -0.218. The van der Waals surface area contributed by atoms with Crippen LogP contribution < -0.4 is 0 Å². The number of hydrogen-bond donors (Lipinski definition) is 1. The van der Waals surface area contributed by atoms with E-state index in [9.17, 15) is 4.39 Å². The van der Waals surface area contributed by atoms with E-state index in [1.807, 2.05) is 0 Å². The zero-order valence-electron chi connectivity index (χ0n) is 7.46. The third-order valence-corrected chi connectivity index (χ3v) is 1.90. The monoisotopic (exact) mass is 180 g/mol. The van der Waals surface area contributed by atoms with Gasteiger partial charge in [-0.1, -0.05) is 24.3 Å². The van der Waals surface area contributed by atoms with E-state index in [0.29, 0.717) is 0 Å². The molecule has 0 saturated heterocycles. The van der Waals surface area contributed by atoms with E-state index in [1.165, 1.54) is 12.1 Å². The van der Waals surface area contributed by atoms with Crippen molar-refractivity contribution in [3.8, 4) is 0 Å². The second-order valence-corrected chi connectivity index (χ2v) is 3.03. The quantitative estimate of drug-likeness (QED) is 0.705. The molecule has 1 N–H and O–H groups in total. The maximum Gasteiger partial charge on any atom is 0.123 e. The Bertz CT molecular complexity index is 277. The van der Waals surface area contributed by atoms with Gasteiger partial charge in [-0.3, -0.25) is 0 Å². The van der Waals surface area contributed by atoms with Crippen LogP contribution in [-0.2, 0) is 6.42 Å². The van der Waals surface area contributed by atoms with Gasteiger partial charge in [-0.05, 0) is 30.5 Å². The van der Waals surface area contributed by atoms with Gasteiger partial charge in [0.1, 0.15) is 5.82 Å². The van der Waals surface area contributed by atoms with Gasteiger partial charge < -0.3 is 5.11 Å². The van der Waals surface area contributed by atoms with E-state index in [4.69, 9.17) is 5.11 Å². The van der Waals surface area contributed by atoms with E-state index >= 15 is 0 Å². The fourth-order valence-corrected chi connectivity index (χ4v) is 1.05. The van der Waals surface area contributed by atoms with Crippen molar-refractivity contribution < 1.29 is 9.50 Å². The van der Waals surface area contributed by atoms with Crippen LogP contribution in [-0.4, -0.2) is 11.7 Å². The molecular weight excluding hydrogens is 167 g/mol. The van der Waals surface area contributed by atoms with Crippen LogP contribution in [0.2, 0.25) is 0 Å². The molecule has 0 saturated carbocycles. The highest BCUT2D eigenvalue weighted by Gasteiger charge is 1.96. The zero-order chi connectivity index (χ0) is 9.68. The highest BCUT2D eigenvalue weighted by molar-refractivity contribution is 5.17. The number of aliphatic hydroxyl groups excluding tert-OH is 1. The molecule has 0 unspecified atom stereocenters. The second-order valence-electron chi connectivity index (χ2n) is 3.03. The predicted molar refractivity (Wildman–Crippen MR) is 50.9 cm³/mol. The summed E-state index contributed by atoms with van der Waals surface area (Å²) in [5.74, 6) is -0.218. The Morgan fingerprint density at radius 3 is 2.46 bits per heavy atom. The van der Waals surface area contributed by atoms with Gasteiger partial charge in [-0.25, -0.2) is 4.39 Å². The molecule has 0 atom stereocenters. The van der Waals surface area contributed by atoms with E-state index < -0.39 is 0 Å². The lowest BCUT2D eigenvalue weighted by molar-refractivity contribution is 0.327. The van der Waals surface area contributed by atoms with Crippen molar-refractivity contribution in [1.82, 2.24) is 0 Å². The maximum absolute atomic E-state index is 12.5. The third kappa shape index (κ3) is 3.38. The molecule has 1 aromatic carbocycles. The molecule has 0 radical (unpaired) electrons. The molecule has 70 valence electrons. The average Bonchev–Trinajstić information content (AvgIpc) is 2.16. The van der Waals surface area contributed by atoms with Gasteiger partial charge in [0, 0.05) is 0 Å². The van der Waals surface area contributed by atoms with Gasteiger partial charge in [0.25, 0.3) is 0 Å². The minimum absolute atomic E-state index is 0.0290. The van der Waals surface area contributed by atoms with Crippen LogP contribution in [0.1, 0.15) is 12.0 Å². The summed E-state index contributed by atoms with van der Waals surface area (Å²) in [7, 11) is 0. The van der Waals surface area contributed by atoms with Crippen molar-refractivity contribution >= 4 is 0 Å². The fourth-order valence-electron chi connectivity index (χ4n) is 1.05. The molecule has 1 nitrogen and oxygen atoms in total. The molecule has 0 amide bonds. The predicted octanol–water partition coefficient (Wildman–Crippen LogP) is 2.31. The number of aryl methyl sites for hydroxylation is 1. The van der Waals surface area contributed by atoms with Crippen molar-refractivity contribution in [2.75, 3.05) is 6.61 Å². The summed E-state index contributed by atoms with van der Waals surface area (Å²) in [6.07, 6.45) is 1.56. The number of halogens is 1. The molecule has 0 aliphatic carbocycles. The molecular formula is C11H13FO. The molecule has 0 aliphatic rings. The lowest BCUT2D eigenvalue weighted by atomic mass is 10.1. The molecule has 0 aromatic heterocycles. The van der Waals surface area contributed by atoms with Gasteiger partial charge in [0.2, 0.25) is 0 Å². The van der Waals surface area contributed by atoms with Crippen LogP contribution in [0, 0.1) is 5.82 Å². The average molecular weight is 180 g/mol. The minimum Gasteiger partial charge on any atom is -0.392 e. The molecule has 2 heteroatoms. The largest absolute Gasteiger partial charge is 0.392 e. The van der Waals surface area contributed by atoms with Gasteiger partial charge in [0.15, 0.2) is 0 Å². The van der Waals surface area contributed by atoms with Crippen LogP contribution in [0.15, 0.2) is 36.4 Å². The first-order chi connectivity index (χ1) is 6.22. The van der Waals surface area contributed by atoms with Crippen molar-refractivity contribution in [3.05, 3.63) is 47.8 Å². The Kier molecular flexibility index (Phi) is 3.65. The van der Waals surface area contributed by atoms with E-state index in [0.717, 1.165) is 24.0 Å². The topological polar surface area (TPSA) is 20.2 Å². The summed E-state index contributed by atoms with van der Waals surface area (Å²) in [4.78, 5) is 0. The highest BCUT2D eigenvalue weighted by atomic mass is 19.1. The van der Waals surface area contributed by atoms with Crippen LogP contribution in [0.3, 0.4) is 0 Å². The van der Waals surface area contributed by atoms with Crippen LogP contribution in [0.4, 0.5) is 4.39 Å². The summed E-state index contributed by atoms with van der Waals surface area (Å²) in [5.41, 5.74) is 1.88. The maximum atomic E-state index is 12.5. The molecule has 0 aliphatic heterocycles. The first kappa shape index (κ1) is 9.93. The molecule has 0 heterocycles. The number of rotatable bonds is 4. The zero-order valence-corrected chi connectivity index (χ0v) is 7.46. The van der Waals surface area contributed by atoms with Gasteiger partial charge in [-0.2, -0.15) is 0 Å². The Hall–Kier alpha value is -1.15. The highest BCUT2D eigenvalue weighted by Crippen LogP contribution is 2.08. The van der Waals surface area contributed by atoms with Gasteiger partial charge in [-0.15, -0.1) is 0 Å². The summed E-state index contributed by atoms with van der Waals surface area (Å²) >= 11 is 0. The van der Waals surface area contributed by atoms with Crippen LogP contribution >= 0.6 is 0 Å². The standard InChI is InChI=1S/C11H13FO/c1-9(8-13)2-3-10-4-6-11(12)7-5-10/h4-7,13H,1-3,8H2. The summed E-state index contributed by atoms with van der Waals surface area (Å²) in [6, 6.07) is 6.38. The molecule has 13 heavy (non-hydrogen) atoms. The molecule has 1 aromatic rings. The Morgan fingerprint density at radius 1 is 1.31 bits per heavy atom. The number of benzene rings is 1. The third-order valence-electron chi connectivity index (χ3n) is 1.90. The Labute approximate surface area is 77.5 Å². The van der Waals surface area contributed by atoms with E-state index in [-0.39, 0.29) is 12.4 Å². The first-order valence-electron chi connectivity index (χ1n) is 4.24. The van der Waals surface area contributed by atoms with Crippen molar-refractivity contribution in [1.29, 1.82) is 0 Å². The number of aliphatic hydroxyl groups is 1. The van der Waals surface area contributed by atoms with Crippen molar-refractivity contribution in [3.63, 3.8) is 0 Å². The van der Waals surface area contributed by atoms with Gasteiger partial charge >= 0.3 is 0 Å². The van der Waals surface area contributed by atoms with Gasteiger partial charge in [0.05, 0.1) is 6.61 Å². The Balaban J connectivity index is 2.46. The molecule has 0 bridgehead atoms. The van der Waals surface area contributed by atoms with Crippen molar-refractivity contribution in [2.45, 2.75) is 12.8 Å². The fraction of sp³-hybridized carbons (Fsp3) is 0.273. The summed E-state index contributed by atoms with van der Waals surface area (Å²) in [5, 5.41) is 8.70. The summed E-state index contributed by atoms with van der Waals surface area (Å²) < 4.78 is 12.5. The van der Waals surface area contributed by atoms with Crippen LogP contribution in [0.5, 0.6) is 0 Å². The SMILES string of the molecule is C=C(CO)CCc1ccc(F)cc1. The second kappa shape index (κ2) is 4.77. The van der Waals surface area contributed by atoms with E-state index in [2.05, 4.69) is 6.58 Å². The van der Waals surface area contributed by atoms with Crippen LogP contribution in [0.25, 0.3) is 0 Å². The first-order valence-corrected chi connectivity index (χ1v) is 4.24. The lowest BCUT2D eigenvalue weighted by Crippen LogP contribution is -1.92.